The summed E-state index contributed by atoms with van der Waals surface area (Å²) < 4.78 is 0. The highest BCUT2D eigenvalue weighted by molar-refractivity contribution is 5.18. The van der Waals surface area contributed by atoms with E-state index in [0.717, 1.165) is 18.0 Å². The lowest BCUT2D eigenvalue weighted by atomic mass is 10.0. The molecule has 82 valence electrons. The van der Waals surface area contributed by atoms with Crippen molar-refractivity contribution in [2.45, 2.75) is 66.0 Å². The summed E-state index contributed by atoms with van der Waals surface area (Å²) in [4.78, 5) is 0. The van der Waals surface area contributed by atoms with Gasteiger partial charge in [-0.05, 0) is 29.6 Å². The van der Waals surface area contributed by atoms with E-state index in [1.54, 1.807) is 0 Å². The standard InChI is InChI=1S/C13H25N/c1-9-7-6-8-10(9)14-11-12(2,3)13(11,4)5/h9-11,14H,6-8H2,1-5H3. The van der Waals surface area contributed by atoms with Gasteiger partial charge in [0.15, 0.2) is 0 Å². The summed E-state index contributed by atoms with van der Waals surface area (Å²) in [6.07, 6.45) is 4.24. The van der Waals surface area contributed by atoms with Crippen molar-refractivity contribution in [1.82, 2.24) is 5.32 Å². The van der Waals surface area contributed by atoms with Gasteiger partial charge in [0.05, 0.1) is 0 Å². The molecule has 14 heavy (non-hydrogen) atoms. The van der Waals surface area contributed by atoms with Gasteiger partial charge in [-0.15, -0.1) is 0 Å². The van der Waals surface area contributed by atoms with E-state index in [9.17, 15) is 0 Å². The summed E-state index contributed by atoms with van der Waals surface area (Å²) in [6, 6.07) is 1.53. The fourth-order valence-electron chi connectivity index (χ4n) is 3.22. The van der Waals surface area contributed by atoms with Gasteiger partial charge in [-0.1, -0.05) is 41.0 Å². The van der Waals surface area contributed by atoms with Crippen molar-refractivity contribution in [2.24, 2.45) is 16.7 Å². The Morgan fingerprint density at radius 3 is 1.93 bits per heavy atom. The third-order valence-corrected chi connectivity index (χ3v) is 5.26. The average Bonchev–Trinajstić information content (AvgIpc) is 2.46. The molecule has 0 aromatic rings. The molecule has 0 heterocycles. The predicted octanol–water partition coefficient (Wildman–Crippen LogP) is 3.20. The van der Waals surface area contributed by atoms with E-state index in [1.807, 2.05) is 0 Å². The van der Waals surface area contributed by atoms with E-state index in [-0.39, 0.29) is 0 Å². The van der Waals surface area contributed by atoms with Crippen LogP contribution in [-0.4, -0.2) is 12.1 Å². The van der Waals surface area contributed by atoms with Gasteiger partial charge in [-0.2, -0.15) is 0 Å². The van der Waals surface area contributed by atoms with Crippen LogP contribution in [0.25, 0.3) is 0 Å². The molecular weight excluding hydrogens is 170 g/mol. The lowest BCUT2D eigenvalue weighted by molar-refractivity contribution is 0.394. The van der Waals surface area contributed by atoms with Gasteiger partial charge in [-0.25, -0.2) is 0 Å². The molecule has 0 spiro atoms. The minimum absolute atomic E-state index is 0.495. The van der Waals surface area contributed by atoms with Crippen molar-refractivity contribution in [3.8, 4) is 0 Å². The van der Waals surface area contributed by atoms with Crippen molar-refractivity contribution in [3.63, 3.8) is 0 Å². The van der Waals surface area contributed by atoms with Crippen LogP contribution < -0.4 is 5.32 Å². The molecule has 1 heteroatoms. The van der Waals surface area contributed by atoms with E-state index >= 15 is 0 Å². The molecule has 0 amide bonds. The topological polar surface area (TPSA) is 12.0 Å². The number of nitrogens with one attached hydrogen (secondary N) is 1. The molecule has 0 aromatic carbocycles. The monoisotopic (exact) mass is 195 g/mol. The number of rotatable bonds is 2. The van der Waals surface area contributed by atoms with Gasteiger partial charge in [0, 0.05) is 12.1 Å². The third kappa shape index (κ3) is 1.32. The fraction of sp³-hybridized carbons (Fsp3) is 1.00. The Balaban J connectivity index is 1.94. The maximum atomic E-state index is 3.88. The Labute approximate surface area is 88.7 Å². The first-order valence-corrected chi connectivity index (χ1v) is 6.13. The number of hydrogen-bond acceptors (Lipinski definition) is 1. The van der Waals surface area contributed by atoms with Crippen molar-refractivity contribution in [2.75, 3.05) is 0 Å². The van der Waals surface area contributed by atoms with E-state index < -0.39 is 0 Å². The molecule has 2 fully saturated rings. The first-order chi connectivity index (χ1) is 6.37. The minimum Gasteiger partial charge on any atom is -0.310 e. The zero-order chi connectivity index (χ0) is 10.6. The van der Waals surface area contributed by atoms with E-state index in [2.05, 4.69) is 39.9 Å². The molecule has 2 rings (SSSR count). The highest BCUT2D eigenvalue weighted by Crippen LogP contribution is 2.63. The molecule has 0 aliphatic heterocycles. The molecule has 2 saturated carbocycles. The van der Waals surface area contributed by atoms with Crippen LogP contribution in [0.2, 0.25) is 0 Å². The van der Waals surface area contributed by atoms with Crippen molar-refractivity contribution in [3.05, 3.63) is 0 Å². The maximum Gasteiger partial charge on any atom is 0.0183 e. The van der Waals surface area contributed by atoms with Crippen molar-refractivity contribution >= 4 is 0 Å². The first-order valence-electron chi connectivity index (χ1n) is 6.13. The van der Waals surface area contributed by atoms with Crippen LogP contribution in [0, 0.1) is 16.7 Å². The van der Waals surface area contributed by atoms with Gasteiger partial charge in [-0.3, -0.25) is 0 Å². The largest absolute Gasteiger partial charge is 0.310 e. The van der Waals surface area contributed by atoms with Gasteiger partial charge >= 0.3 is 0 Å². The van der Waals surface area contributed by atoms with Gasteiger partial charge in [0.2, 0.25) is 0 Å². The fourth-order valence-corrected chi connectivity index (χ4v) is 3.22. The third-order valence-electron chi connectivity index (χ3n) is 5.26. The van der Waals surface area contributed by atoms with Crippen LogP contribution in [0.5, 0.6) is 0 Å². The highest BCUT2D eigenvalue weighted by Gasteiger charge is 2.65. The SMILES string of the molecule is CC1CCCC1NC1C(C)(C)C1(C)C. The summed E-state index contributed by atoms with van der Waals surface area (Å²) in [5.41, 5.74) is 0.991. The molecule has 2 aliphatic rings. The number of hydrogen-bond donors (Lipinski definition) is 1. The first kappa shape index (κ1) is 10.5. The van der Waals surface area contributed by atoms with Crippen LogP contribution in [-0.2, 0) is 0 Å². The second-order valence-corrected chi connectivity index (χ2v) is 6.56. The molecule has 0 radical (unpaired) electrons. The average molecular weight is 195 g/mol. The lowest BCUT2D eigenvalue weighted by Gasteiger charge is -2.18. The normalized spacial score (nSPS) is 40.1. The minimum atomic E-state index is 0.495. The van der Waals surface area contributed by atoms with E-state index in [0.29, 0.717) is 10.8 Å². The van der Waals surface area contributed by atoms with E-state index in [1.165, 1.54) is 19.3 Å². The van der Waals surface area contributed by atoms with Crippen molar-refractivity contribution in [1.29, 1.82) is 0 Å². The molecule has 2 atom stereocenters. The Bertz CT molecular complexity index is 215. The van der Waals surface area contributed by atoms with Crippen LogP contribution in [0.3, 0.4) is 0 Å². The van der Waals surface area contributed by atoms with Crippen LogP contribution in [0.1, 0.15) is 53.9 Å². The Morgan fingerprint density at radius 1 is 1.00 bits per heavy atom. The second-order valence-electron chi connectivity index (χ2n) is 6.56. The summed E-state index contributed by atoms with van der Waals surface area (Å²) >= 11 is 0. The molecule has 2 unspecified atom stereocenters. The highest BCUT2D eigenvalue weighted by atomic mass is 15.1. The molecule has 1 nitrogen and oxygen atoms in total. The predicted molar refractivity (Wildman–Crippen MR) is 61.3 cm³/mol. The van der Waals surface area contributed by atoms with Crippen LogP contribution in [0.15, 0.2) is 0 Å². The quantitative estimate of drug-likeness (QED) is 0.713. The maximum absolute atomic E-state index is 3.88. The van der Waals surface area contributed by atoms with E-state index in [4.69, 9.17) is 0 Å². The second kappa shape index (κ2) is 2.98. The van der Waals surface area contributed by atoms with Crippen LogP contribution in [0.4, 0.5) is 0 Å². The lowest BCUT2D eigenvalue weighted by Crippen LogP contribution is -2.35. The summed E-state index contributed by atoms with van der Waals surface area (Å²) in [5.74, 6) is 0.891. The van der Waals surface area contributed by atoms with Gasteiger partial charge in [0.1, 0.15) is 0 Å². The van der Waals surface area contributed by atoms with Gasteiger partial charge in [0.25, 0.3) is 0 Å². The zero-order valence-electron chi connectivity index (χ0n) is 10.4. The van der Waals surface area contributed by atoms with Crippen LogP contribution >= 0.6 is 0 Å². The molecule has 0 bridgehead atoms. The smallest absolute Gasteiger partial charge is 0.0183 e. The molecule has 2 aliphatic carbocycles. The zero-order valence-corrected chi connectivity index (χ0v) is 10.4. The molecule has 1 N–H and O–H groups in total. The summed E-state index contributed by atoms with van der Waals surface area (Å²) in [6.45, 7) is 12.0. The van der Waals surface area contributed by atoms with Gasteiger partial charge < -0.3 is 5.32 Å². The Hall–Kier alpha value is -0.0400. The summed E-state index contributed by atoms with van der Waals surface area (Å²) in [5, 5.41) is 3.88. The van der Waals surface area contributed by atoms with Crippen molar-refractivity contribution < 1.29 is 0 Å². The Kier molecular flexibility index (Phi) is 2.23. The summed E-state index contributed by atoms with van der Waals surface area (Å²) in [7, 11) is 0. The molecular formula is C13H25N. The molecule has 0 saturated heterocycles. The molecule has 0 aromatic heterocycles. The Morgan fingerprint density at radius 2 is 1.57 bits per heavy atom.